The van der Waals surface area contributed by atoms with Crippen molar-refractivity contribution in [3.63, 3.8) is 0 Å². The Hall–Kier alpha value is -2.71. The Morgan fingerprint density at radius 3 is 2.66 bits per heavy atom. The molecule has 0 radical (unpaired) electrons. The summed E-state index contributed by atoms with van der Waals surface area (Å²) in [5, 5.41) is 12.8. The number of nitrogens with one attached hydrogen (secondary N) is 1. The molecule has 1 fully saturated rings. The van der Waals surface area contributed by atoms with E-state index in [1.165, 1.54) is 12.3 Å². The summed E-state index contributed by atoms with van der Waals surface area (Å²) in [6.07, 6.45) is 4.45. The molecule has 2 aromatic carbocycles. The van der Waals surface area contributed by atoms with E-state index in [0.717, 1.165) is 25.9 Å². The molecule has 0 unspecified atom stereocenters. The first-order valence-corrected chi connectivity index (χ1v) is 13.9. The molecule has 0 bridgehead atoms. The lowest BCUT2D eigenvalue weighted by molar-refractivity contribution is 0.439. The van der Waals surface area contributed by atoms with E-state index < -0.39 is 9.84 Å². The lowest BCUT2D eigenvalue weighted by Crippen LogP contribution is -2.41. The third kappa shape index (κ3) is 5.76. The van der Waals surface area contributed by atoms with Gasteiger partial charge in [0.2, 0.25) is 11.8 Å². The molecule has 11 heteroatoms. The number of aromatic nitrogens is 2. The molecule has 1 aliphatic rings. The Labute approximate surface area is 218 Å². The minimum atomic E-state index is -3.39. The monoisotopic (exact) mass is 575 g/mol. The maximum Gasteiger partial charge on any atom is 0.238 e. The Bertz CT molecular complexity index is 1380. The van der Waals surface area contributed by atoms with Crippen LogP contribution in [0.5, 0.6) is 11.6 Å². The topological polar surface area (TPSA) is 108 Å². The minimum Gasteiger partial charge on any atom is -0.436 e. The molecule has 2 heterocycles. The van der Waals surface area contributed by atoms with Crippen LogP contribution in [0.4, 0.5) is 11.6 Å². The van der Waals surface area contributed by atoms with Crippen molar-refractivity contribution in [1.29, 1.82) is 5.26 Å². The fraction of sp³-hybridized carbons (Fsp3) is 0.292. The number of benzene rings is 2. The molecule has 1 aromatic heterocycles. The van der Waals surface area contributed by atoms with Crippen LogP contribution in [0.1, 0.15) is 24.0 Å². The standard InChI is InChI=1S/C24H23BrClN5O3S/c1-15-10-16(13-27)11-21(26)22(15)34-23-20(25)14-29-24(30-23)31(17-6-8-28-9-7-17)18-4-3-5-19(12-18)35(2,32)33/h3-5,10-12,14,17,28H,6-9H2,1-2H3. The Morgan fingerprint density at radius 1 is 1.26 bits per heavy atom. The van der Waals surface area contributed by atoms with Crippen molar-refractivity contribution in [1.82, 2.24) is 15.3 Å². The molecule has 3 aromatic rings. The van der Waals surface area contributed by atoms with Crippen LogP contribution < -0.4 is 15.0 Å². The third-order valence-corrected chi connectivity index (χ3v) is 7.60. The number of hydrogen-bond acceptors (Lipinski definition) is 8. The highest BCUT2D eigenvalue weighted by Crippen LogP contribution is 2.38. The summed E-state index contributed by atoms with van der Waals surface area (Å²) in [5.41, 5.74) is 1.81. The summed E-state index contributed by atoms with van der Waals surface area (Å²) in [4.78, 5) is 11.4. The number of aryl methyl sites for hydroxylation is 1. The maximum absolute atomic E-state index is 12.2. The van der Waals surface area contributed by atoms with E-state index in [4.69, 9.17) is 16.3 Å². The second-order valence-electron chi connectivity index (χ2n) is 8.26. The summed E-state index contributed by atoms with van der Waals surface area (Å²) in [6, 6.07) is 12.1. The largest absolute Gasteiger partial charge is 0.436 e. The SMILES string of the molecule is Cc1cc(C#N)cc(Cl)c1Oc1nc(N(c2cccc(S(C)(=O)=O)c2)C2CCNCC2)ncc1Br. The Morgan fingerprint density at radius 2 is 2.00 bits per heavy atom. The zero-order valence-corrected chi connectivity index (χ0v) is 22.3. The molecular weight excluding hydrogens is 554 g/mol. The van der Waals surface area contributed by atoms with Crippen LogP contribution in [0.3, 0.4) is 0 Å². The van der Waals surface area contributed by atoms with E-state index in [9.17, 15) is 13.7 Å². The molecule has 8 nitrogen and oxygen atoms in total. The van der Waals surface area contributed by atoms with Gasteiger partial charge in [-0.25, -0.2) is 13.4 Å². The van der Waals surface area contributed by atoms with E-state index in [-0.39, 0.29) is 16.8 Å². The lowest BCUT2D eigenvalue weighted by Gasteiger charge is -2.35. The first kappa shape index (κ1) is 25.4. The number of halogens is 2. The number of ether oxygens (including phenoxy) is 1. The van der Waals surface area contributed by atoms with Crippen molar-refractivity contribution in [3.05, 3.63) is 63.2 Å². The first-order chi connectivity index (χ1) is 16.7. The molecule has 182 valence electrons. The molecule has 0 atom stereocenters. The predicted octanol–water partition coefficient (Wildman–Crippen LogP) is 5.16. The van der Waals surface area contributed by atoms with Crippen molar-refractivity contribution < 1.29 is 13.2 Å². The van der Waals surface area contributed by atoms with Crippen LogP contribution in [0.2, 0.25) is 5.02 Å². The van der Waals surface area contributed by atoms with E-state index in [2.05, 4.69) is 37.3 Å². The van der Waals surface area contributed by atoms with Gasteiger partial charge in [-0.2, -0.15) is 10.2 Å². The second-order valence-corrected chi connectivity index (χ2v) is 11.5. The highest BCUT2D eigenvalue weighted by molar-refractivity contribution is 9.10. The quantitative estimate of drug-likeness (QED) is 0.429. The van der Waals surface area contributed by atoms with Gasteiger partial charge in [0.05, 0.1) is 32.2 Å². The summed E-state index contributed by atoms with van der Waals surface area (Å²) in [7, 11) is -3.39. The summed E-state index contributed by atoms with van der Waals surface area (Å²) in [6.45, 7) is 3.45. The zero-order chi connectivity index (χ0) is 25.2. The summed E-state index contributed by atoms with van der Waals surface area (Å²) >= 11 is 9.84. The fourth-order valence-electron chi connectivity index (χ4n) is 3.97. The number of piperidine rings is 1. The van der Waals surface area contributed by atoms with E-state index in [1.54, 1.807) is 37.4 Å². The van der Waals surface area contributed by atoms with E-state index in [1.807, 2.05) is 11.0 Å². The number of sulfone groups is 1. The molecule has 4 rings (SSSR count). The van der Waals surface area contributed by atoms with Gasteiger partial charge in [-0.1, -0.05) is 17.7 Å². The number of nitriles is 1. The average molecular weight is 577 g/mol. The van der Waals surface area contributed by atoms with Crippen LogP contribution in [-0.4, -0.2) is 43.8 Å². The summed E-state index contributed by atoms with van der Waals surface area (Å²) < 4.78 is 31.0. The van der Waals surface area contributed by atoms with Gasteiger partial charge in [0.1, 0.15) is 0 Å². The second kappa shape index (κ2) is 10.5. The fourth-order valence-corrected chi connectivity index (χ4v) is 5.21. The Kier molecular flexibility index (Phi) is 7.62. The summed E-state index contributed by atoms with van der Waals surface area (Å²) in [5.74, 6) is 1.02. The van der Waals surface area contributed by atoms with Crippen LogP contribution in [0, 0.1) is 18.3 Å². The lowest BCUT2D eigenvalue weighted by atomic mass is 10.0. The molecule has 0 aliphatic carbocycles. The maximum atomic E-state index is 12.2. The van der Waals surface area contributed by atoms with Crippen LogP contribution in [0.15, 0.2) is 52.0 Å². The molecule has 1 aliphatic heterocycles. The van der Waals surface area contributed by atoms with E-state index >= 15 is 0 Å². The molecule has 0 spiro atoms. The molecule has 1 saturated heterocycles. The first-order valence-electron chi connectivity index (χ1n) is 10.9. The van der Waals surface area contributed by atoms with Crippen molar-refractivity contribution >= 4 is 49.0 Å². The van der Waals surface area contributed by atoms with Crippen LogP contribution in [-0.2, 0) is 9.84 Å². The zero-order valence-electron chi connectivity index (χ0n) is 19.1. The van der Waals surface area contributed by atoms with Gasteiger partial charge < -0.3 is 15.0 Å². The molecule has 1 N–H and O–H groups in total. The molecule has 0 saturated carbocycles. The highest BCUT2D eigenvalue weighted by atomic mass is 79.9. The molecule has 0 amide bonds. The molecular formula is C24H23BrClN5O3S. The minimum absolute atomic E-state index is 0.0559. The van der Waals surface area contributed by atoms with E-state index in [0.29, 0.717) is 38.0 Å². The van der Waals surface area contributed by atoms with Gasteiger partial charge in [0.25, 0.3) is 0 Å². The molecule has 35 heavy (non-hydrogen) atoms. The smallest absolute Gasteiger partial charge is 0.238 e. The van der Waals surface area contributed by atoms with Gasteiger partial charge in [-0.05, 0) is 84.7 Å². The van der Waals surface area contributed by atoms with Crippen molar-refractivity contribution in [3.8, 4) is 17.7 Å². The van der Waals surface area contributed by atoms with Crippen molar-refractivity contribution in [2.24, 2.45) is 0 Å². The van der Waals surface area contributed by atoms with Gasteiger partial charge >= 0.3 is 0 Å². The van der Waals surface area contributed by atoms with Gasteiger partial charge in [-0.3, -0.25) is 0 Å². The number of hydrogen-bond donors (Lipinski definition) is 1. The highest BCUT2D eigenvalue weighted by Gasteiger charge is 2.27. The Balaban J connectivity index is 1.78. The van der Waals surface area contributed by atoms with Crippen molar-refractivity contribution in [2.75, 3.05) is 24.2 Å². The van der Waals surface area contributed by atoms with Gasteiger partial charge in [0, 0.05) is 18.0 Å². The predicted molar refractivity (Wildman–Crippen MR) is 138 cm³/mol. The number of anilines is 2. The number of nitrogens with zero attached hydrogens (tertiary/aromatic N) is 4. The van der Waals surface area contributed by atoms with Crippen LogP contribution >= 0.6 is 27.5 Å². The average Bonchev–Trinajstić information content (AvgIpc) is 2.83. The third-order valence-electron chi connectivity index (χ3n) is 5.67. The van der Waals surface area contributed by atoms with Gasteiger partial charge in [-0.15, -0.1) is 0 Å². The van der Waals surface area contributed by atoms with Crippen LogP contribution in [0.25, 0.3) is 0 Å². The number of rotatable bonds is 6. The van der Waals surface area contributed by atoms with Crippen molar-refractivity contribution in [2.45, 2.75) is 30.7 Å². The van der Waals surface area contributed by atoms with Gasteiger partial charge in [0.15, 0.2) is 15.6 Å². The normalized spacial score (nSPS) is 14.4.